The summed E-state index contributed by atoms with van der Waals surface area (Å²) in [5.74, 6) is -0.0629. The molecule has 0 spiro atoms. The highest BCUT2D eigenvalue weighted by molar-refractivity contribution is 7.14. The van der Waals surface area contributed by atoms with Crippen molar-refractivity contribution in [2.75, 3.05) is 5.32 Å². The number of furan rings is 1. The zero-order valence-electron chi connectivity index (χ0n) is 13.8. The van der Waals surface area contributed by atoms with Crippen molar-refractivity contribution < 1.29 is 18.5 Å². The molecule has 0 aliphatic carbocycles. The molecule has 4 rings (SSSR count). The molecule has 0 saturated heterocycles. The molecule has 0 bridgehead atoms. The number of rotatable bonds is 4. The van der Waals surface area contributed by atoms with Gasteiger partial charge in [-0.2, -0.15) is 0 Å². The molecule has 0 fully saturated rings. The lowest BCUT2D eigenvalue weighted by Crippen LogP contribution is -2.13. The number of ketones is 1. The van der Waals surface area contributed by atoms with Crippen LogP contribution >= 0.6 is 11.3 Å². The molecule has 4 heterocycles. The second kappa shape index (κ2) is 6.19. The zero-order chi connectivity index (χ0) is 18.3. The highest BCUT2D eigenvalue weighted by Gasteiger charge is 2.21. The lowest BCUT2D eigenvalue weighted by atomic mass is 10.1. The van der Waals surface area contributed by atoms with Crippen molar-refractivity contribution in [3.8, 4) is 11.5 Å². The number of hydrogen-bond donors (Lipinski definition) is 1. The molecule has 0 atom stereocenters. The van der Waals surface area contributed by atoms with E-state index in [9.17, 15) is 9.59 Å². The number of nitrogens with one attached hydrogen (secondary N) is 1. The molecular weight excluding hydrogens is 356 g/mol. The molecule has 26 heavy (non-hydrogen) atoms. The third-order valence-corrected chi connectivity index (χ3v) is 4.48. The molecule has 0 aliphatic heterocycles. The molecule has 0 radical (unpaired) electrons. The van der Waals surface area contributed by atoms with Crippen molar-refractivity contribution in [1.82, 2.24) is 15.1 Å². The Morgan fingerprint density at radius 2 is 2.12 bits per heavy atom. The highest BCUT2D eigenvalue weighted by Crippen LogP contribution is 2.28. The Balaban J connectivity index is 1.77. The molecule has 130 valence electrons. The number of Topliss-reactive ketones (excluding diaryl/α,β-unsaturated/α-hetero) is 1. The van der Waals surface area contributed by atoms with Crippen molar-refractivity contribution in [3.63, 3.8) is 0 Å². The smallest absolute Gasteiger partial charge is 0.259 e. The van der Waals surface area contributed by atoms with Crippen molar-refractivity contribution in [1.29, 1.82) is 0 Å². The van der Waals surface area contributed by atoms with Crippen LogP contribution in [0.2, 0.25) is 0 Å². The van der Waals surface area contributed by atoms with E-state index in [2.05, 4.69) is 20.4 Å². The van der Waals surface area contributed by atoms with E-state index in [-0.39, 0.29) is 11.5 Å². The fourth-order valence-electron chi connectivity index (χ4n) is 2.48. The Morgan fingerprint density at radius 1 is 1.27 bits per heavy atom. The van der Waals surface area contributed by atoms with E-state index in [0.717, 1.165) is 0 Å². The number of hydrogen-bond acceptors (Lipinski definition) is 8. The van der Waals surface area contributed by atoms with E-state index in [0.29, 0.717) is 38.9 Å². The largest absolute Gasteiger partial charge is 0.463 e. The van der Waals surface area contributed by atoms with Crippen LogP contribution < -0.4 is 5.32 Å². The van der Waals surface area contributed by atoms with Crippen molar-refractivity contribution in [2.45, 2.75) is 13.8 Å². The first-order chi connectivity index (χ1) is 12.5. The minimum atomic E-state index is -0.402. The zero-order valence-corrected chi connectivity index (χ0v) is 14.6. The Bertz CT molecular complexity index is 1130. The number of fused-ring (bicyclic) bond motifs is 1. The maximum atomic E-state index is 12.8. The Labute approximate surface area is 150 Å². The Hall–Kier alpha value is -3.33. The molecular formula is C17H12N4O4S. The van der Waals surface area contributed by atoms with Gasteiger partial charge in [0.1, 0.15) is 11.4 Å². The van der Waals surface area contributed by atoms with Gasteiger partial charge in [0.05, 0.1) is 22.9 Å². The Kier molecular flexibility index (Phi) is 3.85. The van der Waals surface area contributed by atoms with Crippen LogP contribution in [0.4, 0.5) is 5.13 Å². The first-order valence-electron chi connectivity index (χ1n) is 7.61. The molecule has 0 saturated carbocycles. The third-order valence-electron chi connectivity index (χ3n) is 3.72. The lowest BCUT2D eigenvalue weighted by molar-refractivity contribution is 0.100. The second-order valence-corrected chi connectivity index (χ2v) is 6.39. The molecule has 4 aromatic heterocycles. The summed E-state index contributed by atoms with van der Waals surface area (Å²) in [4.78, 5) is 32.6. The summed E-state index contributed by atoms with van der Waals surface area (Å²) >= 11 is 1.18. The molecule has 1 amide bonds. The van der Waals surface area contributed by atoms with E-state index < -0.39 is 5.91 Å². The second-order valence-electron chi connectivity index (χ2n) is 5.53. The number of nitrogens with zero attached hydrogens (tertiary/aromatic N) is 3. The molecule has 4 aromatic rings. The number of anilines is 1. The van der Waals surface area contributed by atoms with Gasteiger partial charge in [-0.3, -0.25) is 14.9 Å². The number of carbonyl (C=O) groups excluding carboxylic acids is 2. The van der Waals surface area contributed by atoms with Crippen molar-refractivity contribution in [3.05, 3.63) is 46.8 Å². The summed E-state index contributed by atoms with van der Waals surface area (Å²) in [6.07, 6.45) is 1.52. The summed E-state index contributed by atoms with van der Waals surface area (Å²) in [6.45, 7) is 3.15. The van der Waals surface area contributed by atoms with Gasteiger partial charge in [-0.15, -0.1) is 11.3 Å². The van der Waals surface area contributed by atoms with E-state index in [1.54, 1.807) is 30.5 Å². The number of aryl methyl sites for hydroxylation is 1. The van der Waals surface area contributed by atoms with Crippen LogP contribution in [-0.2, 0) is 0 Å². The number of aromatic nitrogens is 3. The van der Waals surface area contributed by atoms with Gasteiger partial charge in [0.25, 0.3) is 11.6 Å². The maximum absolute atomic E-state index is 12.8. The summed E-state index contributed by atoms with van der Waals surface area (Å²) < 4.78 is 10.6. The fourth-order valence-corrected chi connectivity index (χ4v) is 3.23. The average molecular weight is 368 g/mol. The maximum Gasteiger partial charge on any atom is 0.259 e. The number of amides is 1. The van der Waals surface area contributed by atoms with Crippen LogP contribution in [0.25, 0.3) is 22.6 Å². The SMILES string of the molecule is CC(=O)c1csc(NC(=O)c2cc(-c3ccco3)nc3onc(C)c23)n1. The van der Waals surface area contributed by atoms with E-state index in [1.165, 1.54) is 24.5 Å². The van der Waals surface area contributed by atoms with Crippen LogP contribution in [0.5, 0.6) is 0 Å². The topological polar surface area (TPSA) is 111 Å². The predicted molar refractivity (Wildman–Crippen MR) is 94.3 cm³/mol. The number of thiazole rings is 1. The minimum absolute atomic E-state index is 0.164. The third kappa shape index (κ3) is 2.78. The van der Waals surface area contributed by atoms with E-state index in [1.807, 2.05) is 0 Å². The summed E-state index contributed by atoms with van der Waals surface area (Å²) in [7, 11) is 0. The molecule has 8 nitrogen and oxygen atoms in total. The van der Waals surface area contributed by atoms with Gasteiger partial charge >= 0.3 is 0 Å². The van der Waals surface area contributed by atoms with Gasteiger partial charge in [-0.05, 0) is 25.1 Å². The summed E-state index contributed by atoms with van der Waals surface area (Å²) in [5, 5.41) is 9.04. The minimum Gasteiger partial charge on any atom is -0.463 e. The normalized spacial score (nSPS) is 11.0. The summed E-state index contributed by atoms with van der Waals surface area (Å²) in [5.41, 5.74) is 1.88. The predicted octanol–water partition coefficient (Wildman–Crippen LogP) is 3.70. The van der Waals surface area contributed by atoms with Gasteiger partial charge in [-0.1, -0.05) is 5.16 Å². The molecule has 0 aromatic carbocycles. The average Bonchev–Trinajstić information content (AvgIpc) is 3.35. The number of carbonyl (C=O) groups is 2. The highest BCUT2D eigenvalue weighted by atomic mass is 32.1. The van der Waals surface area contributed by atoms with Crippen molar-refractivity contribution in [2.24, 2.45) is 0 Å². The van der Waals surface area contributed by atoms with Gasteiger partial charge in [0, 0.05) is 12.3 Å². The first kappa shape index (κ1) is 16.2. The monoisotopic (exact) mass is 368 g/mol. The number of pyridine rings is 1. The van der Waals surface area contributed by atoms with Crippen LogP contribution in [0, 0.1) is 6.92 Å². The summed E-state index contributed by atoms with van der Waals surface area (Å²) in [6, 6.07) is 5.07. The molecule has 0 aliphatic rings. The first-order valence-corrected chi connectivity index (χ1v) is 8.49. The Morgan fingerprint density at radius 3 is 2.81 bits per heavy atom. The fraction of sp³-hybridized carbons (Fsp3) is 0.118. The van der Waals surface area contributed by atoms with Gasteiger partial charge in [-0.25, -0.2) is 9.97 Å². The van der Waals surface area contributed by atoms with E-state index >= 15 is 0 Å². The molecule has 1 N–H and O–H groups in total. The van der Waals surface area contributed by atoms with Gasteiger partial charge < -0.3 is 8.94 Å². The van der Waals surface area contributed by atoms with E-state index in [4.69, 9.17) is 8.94 Å². The van der Waals surface area contributed by atoms with Gasteiger partial charge in [0.15, 0.2) is 16.7 Å². The van der Waals surface area contributed by atoms with Crippen LogP contribution in [-0.4, -0.2) is 26.8 Å². The standard InChI is InChI=1S/C17H12N4O4S/c1-8-14-10(15(23)20-17-19-12(7-26-17)9(2)22)6-11(13-4-3-5-24-13)18-16(14)25-21-8/h3-7H,1-2H3,(H,19,20,23). The van der Waals surface area contributed by atoms with Gasteiger partial charge in [0.2, 0.25) is 0 Å². The van der Waals surface area contributed by atoms with Crippen LogP contribution in [0.3, 0.4) is 0 Å². The van der Waals surface area contributed by atoms with Crippen LogP contribution in [0.15, 0.2) is 38.8 Å². The van der Waals surface area contributed by atoms with Crippen LogP contribution in [0.1, 0.15) is 33.5 Å². The molecule has 0 unspecified atom stereocenters. The van der Waals surface area contributed by atoms with Crippen molar-refractivity contribution >= 4 is 39.3 Å². The molecule has 9 heteroatoms. The lowest BCUT2D eigenvalue weighted by Gasteiger charge is -2.05. The quantitative estimate of drug-likeness (QED) is 0.547.